The second-order valence-corrected chi connectivity index (χ2v) is 13.8. The number of benzene rings is 2. The first-order chi connectivity index (χ1) is 26.2. The number of β-amino-alcohol motifs (C(OH)–C–C–N with tert-alkyl or cyclic N) is 2. The number of methoxy groups -OCH3 is 1. The number of ether oxygens (including phenoxy) is 2. The third-order valence-electron chi connectivity index (χ3n) is 9.32. The minimum atomic E-state index is -0.496. The number of nitrogens with one attached hydrogen (secondary N) is 1. The van der Waals surface area contributed by atoms with Crippen molar-refractivity contribution in [1.82, 2.24) is 29.7 Å². The number of halogens is 2. The third-order valence-corrected chi connectivity index (χ3v) is 10.1. The minimum Gasteiger partial charge on any atom is -0.488 e. The maximum absolute atomic E-state index is 13.9. The van der Waals surface area contributed by atoms with Gasteiger partial charge in [0.15, 0.2) is 0 Å². The predicted octanol–water partition coefficient (Wildman–Crippen LogP) is 5.15. The number of aliphatic hydroxyl groups excluding tert-OH is 2. The van der Waals surface area contributed by atoms with Gasteiger partial charge >= 0.3 is 0 Å². The van der Waals surface area contributed by atoms with Crippen LogP contribution in [0.3, 0.4) is 0 Å². The lowest BCUT2D eigenvalue weighted by Crippen LogP contribution is -2.50. The molecule has 2 aliphatic heterocycles. The van der Waals surface area contributed by atoms with Crippen molar-refractivity contribution in [1.29, 1.82) is 5.26 Å². The first kappa shape index (κ1) is 37.1. The Morgan fingerprint density at radius 1 is 1.04 bits per heavy atom. The second-order valence-electron chi connectivity index (χ2n) is 13.0. The Morgan fingerprint density at radius 2 is 1.81 bits per heavy atom. The molecule has 0 bridgehead atoms. The highest BCUT2D eigenvalue weighted by molar-refractivity contribution is 6.39. The Kier molecular flexibility index (Phi) is 11.3. The summed E-state index contributed by atoms with van der Waals surface area (Å²) in [5.74, 6) is 0.379. The fraction of sp³-hybridized carbons (Fsp3) is 0.282. The Balaban J connectivity index is 1.15. The van der Waals surface area contributed by atoms with Crippen molar-refractivity contribution in [3.05, 3.63) is 111 Å². The smallest absolute Gasteiger partial charge is 0.274 e. The van der Waals surface area contributed by atoms with Crippen molar-refractivity contribution in [3.8, 4) is 40.1 Å². The van der Waals surface area contributed by atoms with Crippen LogP contribution in [0.1, 0.15) is 38.6 Å². The van der Waals surface area contributed by atoms with Gasteiger partial charge in [0.2, 0.25) is 5.88 Å². The van der Waals surface area contributed by atoms with Crippen molar-refractivity contribution in [2.24, 2.45) is 0 Å². The number of anilines is 1. The van der Waals surface area contributed by atoms with Gasteiger partial charge in [-0.15, -0.1) is 0 Å². The van der Waals surface area contributed by atoms with Gasteiger partial charge in [0.25, 0.3) is 5.91 Å². The molecule has 0 unspecified atom stereocenters. The number of carbonyl (C=O) groups is 1. The zero-order chi connectivity index (χ0) is 37.8. The van der Waals surface area contributed by atoms with E-state index in [1.165, 1.54) is 13.3 Å². The van der Waals surface area contributed by atoms with E-state index in [1.54, 1.807) is 36.7 Å². The number of nitriles is 1. The van der Waals surface area contributed by atoms with E-state index >= 15 is 0 Å². The van der Waals surface area contributed by atoms with E-state index in [0.717, 1.165) is 5.56 Å². The zero-order valence-electron chi connectivity index (χ0n) is 29.3. The van der Waals surface area contributed by atoms with Gasteiger partial charge in [-0.2, -0.15) is 5.26 Å². The Bertz CT molecular complexity index is 2240. The maximum Gasteiger partial charge on any atom is 0.274 e. The van der Waals surface area contributed by atoms with E-state index < -0.39 is 5.91 Å². The van der Waals surface area contributed by atoms with Crippen LogP contribution in [0.4, 0.5) is 5.69 Å². The molecule has 1 amide bonds. The average molecular weight is 768 g/mol. The standard InChI is InChI=1S/C39H36Cl2N8O5/c1-53-39-34(21-49-18-25(51)19-49)44-17-32(47-39)29-6-2-4-26(36(29)40)27-5-3-7-30(37(27)41)46-38(52)31-13-35(54-22-24-12-23(14-42)15-43-16-24)28-8-9-48(10-11-50)20-33(28)45-31/h2-7,12-13,15-17,25,50-51H,8-11,18-22H2,1H3,(H,46,52). The van der Waals surface area contributed by atoms with Crippen LogP contribution in [0, 0.1) is 11.3 Å². The molecule has 5 heterocycles. The molecule has 1 fully saturated rings. The average Bonchev–Trinajstić information content (AvgIpc) is 3.17. The zero-order valence-corrected chi connectivity index (χ0v) is 30.8. The normalized spacial score (nSPS) is 14.5. The number of hydrogen-bond donors (Lipinski definition) is 3. The van der Waals surface area contributed by atoms with Gasteiger partial charge in [-0.25, -0.2) is 9.97 Å². The summed E-state index contributed by atoms with van der Waals surface area (Å²) in [4.78, 5) is 36.1. The molecule has 7 rings (SSSR count). The van der Waals surface area contributed by atoms with Crippen molar-refractivity contribution >= 4 is 34.8 Å². The lowest BCUT2D eigenvalue weighted by molar-refractivity contribution is -0.00403. The Hall–Kier alpha value is -5.20. The minimum absolute atomic E-state index is 0.00202. The molecule has 2 aliphatic rings. The Labute approximate surface area is 321 Å². The lowest BCUT2D eigenvalue weighted by atomic mass is 10.0. The highest BCUT2D eigenvalue weighted by Gasteiger charge is 2.27. The van der Waals surface area contributed by atoms with Crippen LogP contribution in [0.2, 0.25) is 10.0 Å². The number of nitrogens with zero attached hydrogens (tertiary/aromatic N) is 7. The van der Waals surface area contributed by atoms with Gasteiger partial charge in [0.05, 0.1) is 58.7 Å². The molecule has 0 spiro atoms. The first-order valence-corrected chi connectivity index (χ1v) is 18.0. The number of aromatic nitrogens is 4. The fourth-order valence-electron chi connectivity index (χ4n) is 6.57. The molecular formula is C39H36Cl2N8O5. The van der Waals surface area contributed by atoms with Crippen molar-refractivity contribution in [2.75, 3.05) is 45.2 Å². The van der Waals surface area contributed by atoms with Crippen LogP contribution in [-0.2, 0) is 26.1 Å². The highest BCUT2D eigenvalue weighted by atomic mass is 35.5. The molecule has 0 saturated carbocycles. The van der Waals surface area contributed by atoms with Crippen LogP contribution >= 0.6 is 23.2 Å². The summed E-state index contributed by atoms with van der Waals surface area (Å²) in [7, 11) is 1.54. The molecule has 276 valence electrons. The molecule has 3 aromatic heterocycles. The summed E-state index contributed by atoms with van der Waals surface area (Å²) >= 11 is 14.0. The van der Waals surface area contributed by atoms with Gasteiger partial charge in [-0.3, -0.25) is 24.6 Å². The maximum atomic E-state index is 13.9. The molecule has 13 nitrogen and oxygen atoms in total. The summed E-state index contributed by atoms with van der Waals surface area (Å²) in [5.41, 5.74) is 6.16. The van der Waals surface area contributed by atoms with Gasteiger partial charge in [-0.05, 0) is 18.6 Å². The number of amides is 1. The molecule has 15 heteroatoms. The molecule has 3 N–H and O–H groups in total. The summed E-state index contributed by atoms with van der Waals surface area (Å²) < 4.78 is 11.8. The van der Waals surface area contributed by atoms with Gasteiger partial charge in [-0.1, -0.05) is 53.5 Å². The van der Waals surface area contributed by atoms with E-state index in [-0.39, 0.29) is 30.0 Å². The van der Waals surface area contributed by atoms with Crippen LogP contribution in [-0.4, -0.2) is 91.9 Å². The Morgan fingerprint density at radius 3 is 2.57 bits per heavy atom. The molecule has 5 aromatic rings. The van der Waals surface area contributed by atoms with E-state index in [4.69, 9.17) is 42.6 Å². The second kappa shape index (κ2) is 16.4. The van der Waals surface area contributed by atoms with Crippen LogP contribution in [0.15, 0.2) is 67.1 Å². The largest absolute Gasteiger partial charge is 0.488 e. The SMILES string of the molecule is COc1nc(-c2cccc(-c3cccc(NC(=O)c4cc(OCc5cncc(C#N)c5)c5c(n4)CN(CCO)CC5)c3Cl)c2Cl)cnc1CN1CC(O)C1. The van der Waals surface area contributed by atoms with E-state index in [2.05, 4.69) is 31.2 Å². The quantitative estimate of drug-likeness (QED) is 0.153. The van der Waals surface area contributed by atoms with E-state index in [1.807, 2.05) is 24.3 Å². The van der Waals surface area contributed by atoms with Crippen LogP contribution in [0.5, 0.6) is 11.6 Å². The molecular weight excluding hydrogens is 731 g/mol. The number of fused-ring (bicyclic) bond motifs is 1. The molecule has 0 radical (unpaired) electrons. The number of rotatable bonds is 12. The number of carbonyl (C=O) groups excluding carboxylic acids is 1. The van der Waals surface area contributed by atoms with E-state index in [0.29, 0.717) is 113 Å². The molecule has 0 aliphatic carbocycles. The summed E-state index contributed by atoms with van der Waals surface area (Å²) in [5, 5.41) is 32.1. The van der Waals surface area contributed by atoms with Crippen LogP contribution < -0.4 is 14.8 Å². The fourth-order valence-corrected chi connectivity index (χ4v) is 7.17. The summed E-state index contributed by atoms with van der Waals surface area (Å²) in [6, 6.07) is 16.2. The molecule has 2 aromatic carbocycles. The van der Waals surface area contributed by atoms with Gasteiger partial charge < -0.3 is 25.0 Å². The first-order valence-electron chi connectivity index (χ1n) is 17.3. The summed E-state index contributed by atoms with van der Waals surface area (Å²) in [6.07, 6.45) is 5.05. The monoisotopic (exact) mass is 766 g/mol. The third kappa shape index (κ3) is 8.00. The predicted molar refractivity (Wildman–Crippen MR) is 202 cm³/mol. The molecule has 1 saturated heterocycles. The van der Waals surface area contributed by atoms with Crippen molar-refractivity contribution in [2.45, 2.75) is 32.2 Å². The topological polar surface area (TPSA) is 170 Å². The highest BCUT2D eigenvalue weighted by Crippen LogP contribution is 2.41. The number of pyridine rings is 2. The van der Waals surface area contributed by atoms with Gasteiger partial charge in [0, 0.05) is 85.5 Å². The lowest BCUT2D eigenvalue weighted by Gasteiger charge is -2.35. The summed E-state index contributed by atoms with van der Waals surface area (Å²) in [6.45, 7) is 3.40. The van der Waals surface area contributed by atoms with Crippen LogP contribution in [0.25, 0.3) is 22.4 Å². The number of aliphatic hydroxyl groups is 2. The van der Waals surface area contributed by atoms with Gasteiger partial charge in [0.1, 0.15) is 29.8 Å². The molecule has 0 atom stereocenters. The van der Waals surface area contributed by atoms with Crippen molar-refractivity contribution < 1.29 is 24.5 Å². The number of hydrogen-bond acceptors (Lipinski definition) is 12. The van der Waals surface area contributed by atoms with E-state index in [9.17, 15) is 20.3 Å². The molecule has 54 heavy (non-hydrogen) atoms. The number of likely N-dealkylation sites (tertiary alicyclic amines) is 1. The van der Waals surface area contributed by atoms with Crippen molar-refractivity contribution in [3.63, 3.8) is 0 Å².